The topological polar surface area (TPSA) is 37.8 Å². The van der Waals surface area contributed by atoms with Crippen molar-refractivity contribution in [3.8, 4) is 0 Å². The molecule has 82 valence electrons. The van der Waals surface area contributed by atoms with Crippen LogP contribution >= 0.6 is 11.6 Å². The molecule has 2 rings (SSSR count). The summed E-state index contributed by atoms with van der Waals surface area (Å²) in [6.07, 6.45) is 1.38. The van der Waals surface area contributed by atoms with Gasteiger partial charge in [0, 0.05) is 11.3 Å². The minimum atomic E-state index is -0.275. The Labute approximate surface area is 97.3 Å². The van der Waals surface area contributed by atoms with Crippen molar-refractivity contribution in [1.82, 2.24) is 9.97 Å². The lowest BCUT2D eigenvalue weighted by atomic mass is 10.3. The number of hydrogen-bond donors (Lipinski definition) is 1. The Morgan fingerprint density at radius 3 is 2.56 bits per heavy atom. The zero-order chi connectivity index (χ0) is 11.5. The molecule has 0 saturated carbocycles. The van der Waals surface area contributed by atoms with Crippen molar-refractivity contribution in [2.45, 2.75) is 6.92 Å². The average Bonchev–Trinajstić information content (AvgIpc) is 2.28. The molecule has 0 unspecified atom stereocenters. The fraction of sp³-hybridized carbons (Fsp3) is 0.0909. The summed E-state index contributed by atoms with van der Waals surface area (Å²) in [7, 11) is 0. The van der Waals surface area contributed by atoms with Crippen LogP contribution in [0, 0.1) is 12.7 Å². The molecule has 1 heterocycles. The lowest BCUT2D eigenvalue weighted by molar-refractivity contribution is 0.628. The Balaban J connectivity index is 2.27. The number of halogens is 2. The largest absolute Gasteiger partial charge is 0.340 e. The van der Waals surface area contributed by atoms with Gasteiger partial charge in [0.15, 0.2) is 0 Å². The maximum atomic E-state index is 12.7. The van der Waals surface area contributed by atoms with Gasteiger partial charge in [-0.25, -0.2) is 14.4 Å². The van der Waals surface area contributed by atoms with Gasteiger partial charge in [0.25, 0.3) is 0 Å². The van der Waals surface area contributed by atoms with E-state index >= 15 is 0 Å². The van der Waals surface area contributed by atoms with Crippen LogP contribution in [0.2, 0.25) is 5.15 Å². The molecule has 0 aliphatic carbocycles. The first kappa shape index (κ1) is 10.8. The van der Waals surface area contributed by atoms with Crippen LogP contribution in [-0.4, -0.2) is 9.97 Å². The molecule has 3 nitrogen and oxygen atoms in total. The third-order valence-electron chi connectivity index (χ3n) is 2.13. The van der Waals surface area contributed by atoms with Gasteiger partial charge in [-0.15, -0.1) is 0 Å². The minimum absolute atomic E-state index is 0.275. The SMILES string of the molecule is Cc1c(Cl)ncnc1Nc1ccc(F)cc1. The molecule has 5 heteroatoms. The minimum Gasteiger partial charge on any atom is -0.340 e. The lowest BCUT2D eigenvalue weighted by Gasteiger charge is -2.08. The van der Waals surface area contributed by atoms with E-state index in [0.29, 0.717) is 11.0 Å². The maximum absolute atomic E-state index is 12.7. The predicted octanol–water partition coefficient (Wildman–Crippen LogP) is 3.32. The van der Waals surface area contributed by atoms with Crippen molar-refractivity contribution in [1.29, 1.82) is 0 Å². The summed E-state index contributed by atoms with van der Waals surface area (Å²) in [6.45, 7) is 1.81. The molecule has 0 fully saturated rings. The molecule has 0 aliphatic heterocycles. The summed E-state index contributed by atoms with van der Waals surface area (Å²) in [4.78, 5) is 7.91. The summed E-state index contributed by atoms with van der Waals surface area (Å²) in [5.74, 6) is 0.342. The molecule has 0 radical (unpaired) electrons. The zero-order valence-electron chi connectivity index (χ0n) is 8.54. The highest BCUT2D eigenvalue weighted by atomic mass is 35.5. The first-order valence-corrected chi connectivity index (χ1v) is 5.04. The molecule has 0 saturated heterocycles. The smallest absolute Gasteiger partial charge is 0.138 e. The number of rotatable bonds is 2. The van der Waals surface area contributed by atoms with Gasteiger partial charge in [-0.05, 0) is 31.2 Å². The zero-order valence-corrected chi connectivity index (χ0v) is 9.29. The molecule has 0 aliphatic rings. The van der Waals surface area contributed by atoms with Crippen molar-refractivity contribution in [2.75, 3.05) is 5.32 Å². The monoisotopic (exact) mass is 237 g/mol. The summed E-state index contributed by atoms with van der Waals surface area (Å²) in [6, 6.07) is 6.01. The summed E-state index contributed by atoms with van der Waals surface area (Å²) < 4.78 is 12.7. The number of anilines is 2. The van der Waals surface area contributed by atoms with Crippen LogP contribution in [0.3, 0.4) is 0 Å². The van der Waals surface area contributed by atoms with Crippen molar-refractivity contribution in [3.05, 3.63) is 47.1 Å². The van der Waals surface area contributed by atoms with Gasteiger partial charge < -0.3 is 5.32 Å². The van der Waals surface area contributed by atoms with Crippen LogP contribution in [-0.2, 0) is 0 Å². The molecule has 1 aromatic carbocycles. The van der Waals surface area contributed by atoms with Gasteiger partial charge in [-0.3, -0.25) is 0 Å². The molecule has 1 N–H and O–H groups in total. The van der Waals surface area contributed by atoms with Crippen LogP contribution in [0.1, 0.15) is 5.56 Å². The van der Waals surface area contributed by atoms with Gasteiger partial charge >= 0.3 is 0 Å². The molecular weight excluding hydrogens is 229 g/mol. The van der Waals surface area contributed by atoms with Crippen LogP contribution in [0.25, 0.3) is 0 Å². The van der Waals surface area contributed by atoms with E-state index in [1.807, 2.05) is 6.92 Å². The van der Waals surface area contributed by atoms with E-state index in [-0.39, 0.29) is 5.82 Å². The Kier molecular flexibility index (Phi) is 3.01. The van der Waals surface area contributed by atoms with Gasteiger partial charge in [-0.1, -0.05) is 11.6 Å². The van der Waals surface area contributed by atoms with Gasteiger partial charge in [0.1, 0.15) is 23.1 Å². The Morgan fingerprint density at radius 1 is 1.19 bits per heavy atom. The van der Waals surface area contributed by atoms with Gasteiger partial charge in [0.05, 0.1) is 0 Å². The summed E-state index contributed by atoms with van der Waals surface area (Å²) >= 11 is 5.85. The highest BCUT2D eigenvalue weighted by Crippen LogP contribution is 2.21. The lowest BCUT2D eigenvalue weighted by Crippen LogP contribution is -1.98. The van der Waals surface area contributed by atoms with E-state index < -0.39 is 0 Å². The second-order valence-corrected chi connectivity index (χ2v) is 3.63. The highest BCUT2D eigenvalue weighted by molar-refractivity contribution is 6.30. The van der Waals surface area contributed by atoms with Crippen molar-refractivity contribution < 1.29 is 4.39 Å². The van der Waals surface area contributed by atoms with Crippen LogP contribution in [0.15, 0.2) is 30.6 Å². The Hall–Kier alpha value is -1.68. The molecule has 2 aromatic rings. The first-order chi connectivity index (χ1) is 7.66. The first-order valence-electron chi connectivity index (χ1n) is 4.66. The molecule has 0 spiro atoms. The van der Waals surface area contributed by atoms with Crippen molar-refractivity contribution in [2.24, 2.45) is 0 Å². The average molecular weight is 238 g/mol. The van der Waals surface area contributed by atoms with E-state index in [4.69, 9.17) is 11.6 Å². The Bertz CT molecular complexity index is 499. The normalized spacial score (nSPS) is 10.2. The standard InChI is InChI=1S/C11H9ClFN3/c1-7-10(12)14-6-15-11(7)16-9-4-2-8(13)3-5-9/h2-6H,1H3,(H,14,15,16). The quantitative estimate of drug-likeness (QED) is 0.815. The second-order valence-electron chi connectivity index (χ2n) is 3.27. The van der Waals surface area contributed by atoms with Gasteiger partial charge in [-0.2, -0.15) is 0 Å². The molecule has 1 aromatic heterocycles. The van der Waals surface area contributed by atoms with Gasteiger partial charge in [0.2, 0.25) is 0 Å². The van der Waals surface area contributed by atoms with Crippen LogP contribution < -0.4 is 5.32 Å². The van der Waals surface area contributed by atoms with E-state index in [1.165, 1.54) is 18.5 Å². The molecule has 0 bridgehead atoms. The third-order valence-corrected chi connectivity index (χ3v) is 2.51. The number of aromatic nitrogens is 2. The number of nitrogens with one attached hydrogen (secondary N) is 1. The summed E-state index contributed by atoms with van der Waals surface area (Å²) in [5.41, 5.74) is 1.51. The van der Waals surface area contributed by atoms with Crippen LogP contribution in [0.5, 0.6) is 0 Å². The van der Waals surface area contributed by atoms with E-state index in [1.54, 1.807) is 12.1 Å². The predicted molar refractivity (Wildman–Crippen MR) is 61.5 cm³/mol. The number of benzene rings is 1. The molecule has 16 heavy (non-hydrogen) atoms. The van der Waals surface area contributed by atoms with E-state index in [0.717, 1.165) is 11.3 Å². The second kappa shape index (κ2) is 4.45. The number of nitrogens with zero attached hydrogens (tertiary/aromatic N) is 2. The maximum Gasteiger partial charge on any atom is 0.138 e. The van der Waals surface area contributed by atoms with Crippen molar-refractivity contribution in [3.63, 3.8) is 0 Å². The fourth-order valence-corrected chi connectivity index (χ4v) is 1.36. The third kappa shape index (κ3) is 2.28. The molecule has 0 amide bonds. The van der Waals surface area contributed by atoms with Crippen LogP contribution in [0.4, 0.5) is 15.9 Å². The van der Waals surface area contributed by atoms with E-state index in [9.17, 15) is 4.39 Å². The summed E-state index contributed by atoms with van der Waals surface area (Å²) in [5, 5.41) is 3.44. The highest BCUT2D eigenvalue weighted by Gasteiger charge is 2.04. The Morgan fingerprint density at radius 2 is 1.88 bits per heavy atom. The fourth-order valence-electron chi connectivity index (χ4n) is 1.22. The molecule has 0 atom stereocenters. The van der Waals surface area contributed by atoms with Crippen molar-refractivity contribution >= 4 is 23.1 Å². The van der Waals surface area contributed by atoms with E-state index in [2.05, 4.69) is 15.3 Å². The number of hydrogen-bond acceptors (Lipinski definition) is 3. The molecular formula is C11H9ClFN3.